The van der Waals surface area contributed by atoms with E-state index in [1.807, 2.05) is 48.5 Å². The first-order chi connectivity index (χ1) is 10.2. The molecule has 0 saturated carbocycles. The molecule has 0 heterocycles. The lowest BCUT2D eigenvalue weighted by atomic mass is 10.1. The first kappa shape index (κ1) is 13.8. The molecule has 1 N–H and O–H groups in total. The van der Waals surface area contributed by atoms with E-state index in [1.165, 1.54) is 5.39 Å². The third kappa shape index (κ3) is 3.14. The Hall–Kier alpha value is -2.13. The zero-order chi connectivity index (χ0) is 14.7. The summed E-state index contributed by atoms with van der Waals surface area (Å²) >= 11 is 3.37. The number of Topliss-reactive ketones (excluding diaryl/α,β-unsaturated/α-hetero) is 1. The van der Waals surface area contributed by atoms with Crippen LogP contribution in [0.15, 0.2) is 71.2 Å². The van der Waals surface area contributed by atoms with Crippen molar-refractivity contribution >= 4 is 38.2 Å². The molecule has 3 heteroatoms. The van der Waals surface area contributed by atoms with Gasteiger partial charge in [-0.05, 0) is 23.6 Å². The number of halogens is 1. The van der Waals surface area contributed by atoms with E-state index in [0.717, 1.165) is 15.5 Å². The maximum absolute atomic E-state index is 12.2. The number of benzene rings is 3. The molecule has 0 bridgehead atoms. The average Bonchev–Trinajstić information content (AvgIpc) is 2.53. The van der Waals surface area contributed by atoms with Crippen molar-refractivity contribution < 1.29 is 4.79 Å². The van der Waals surface area contributed by atoms with E-state index in [1.54, 1.807) is 0 Å². The predicted octanol–water partition coefficient (Wildman–Crippen LogP) is 4.90. The molecule has 0 aliphatic carbocycles. The Morgan fingerprint density at radius 3 is 2.43 bits per heavy atom. The van der Waals surface area contributed by atoms with Crippen LogP contribution in [0.1, 0.15) is 10.4 Å². The molecule has 0 aliphatic rings. The van der Waals surface area contributed by atoms with Crippen molar-refractivity contribution in [1.29, 1.82) is 0 Å². The van der Waals surface area contributed by atoms with Gasteiger partial charge in [-0.25, -0.2) is 0 Å². The highest BCUT2D eigenvalue weighted by Gasteiger charge is 2.06. The van der Waals surface area contributed by atoms with Crippen LogP contribution in [-0.4, -0.2) is 12.3 Å². The summed E-state index contributed by atoms with van der Waals surface area (Å²) < 4.78 is 0.973. The lowest BCUT2D eigenvalue weighted by Gasteiger charge is -2.09. The molecule has 104 valence electrons. The van der Waals surface area contributed by atoms with Gasteiger partial charge >= 0.3 is 0 Å². The molecule has 0 aromatic heterocycles. The second-order valence-corrected chi connectivity index (χ2v) is 5.73. The number of rotatable bonds is 4. The zero-order valence-corrected chi connectivity index (χ0v) is 12.9. The largest absolute Gasteiger partial charge is 0.377 e. The fourth-order valence-corrected chi connectivity index (χ4v) is 2.56. The summed E-state index contributed by atoms with van der Waals surface area (Å²) in [6.07, 6.45) is 0. The smallest absolute Gasteiger partial charge is 0.181 e. The molecule has 3 aromatic carbocycles. The summed E-state index contributed by atoms with van der Waals surface area (Å²) in [6.45, 7) is 0.287. The van der Waals surface area contributed by atoms with E-state index in [4.69, 9.17) is 0 Å². The highest BCUT2D eigenvalue weighted by atomic mass is 79.9. The van der Waals surface area contributed by atoms with Crippen LogP contribution < -0.4 is 5.32 Å². The van der Waals surface area contributed by atoms with Crippen LogP contribution in [0, 0.1) is 0 Å². The molecule has 3 rings (SSSR count). The summed E-state index contributed by atoms with van der Waals surface area (Å²) in [5.41, 5.74) is 1.70. The second kappa shape index (κ2) is 6.10. The number of carbonyl (C=O) groups excluding carboxylic acids is 1. The number of hydrogen-bond donors (Lipinski definition) is 1. The summed E-state index contributed by atoms with van der Waals surface area (Å²) in [4.78, 5) is 12.2. The van der Waals surface area contributed by atoms with Crippen molar-refractivity contribution in [3.05, 3.63) is 76.8 Å². The number of anilines is 1. The minimum absolute atomic E-state index is 0.0791. The summed E-state index contributed by atoms with van der Waals surface area (Å²) in [5, 5.41) is 5.53. The molecule has 0 unspecified atom stereocenters. The van der Waals surface area contributed by atoms with Gasteiger partial charge in [-0.3, -0.25) is 4.79 Å². The Kier molecular flexibility index (Phi) is 4.02. The average molecular weight is 340 g/mol. The molecule has 0 fully saturated rings. The van der Waals surface area contributed by atoms with E-state index < -0.39 is 0 Å². The Labute approximate surface area is 131 Å². The van der Waals surface area contributed by atoms with Gasteiger partial charge in [0.1, 0.15) is 0 Å². The lowest BCUT2D eigenvalue weighted by Crippen LogP contribution is -2.14. The summed E-state index contributed by atoms with van der Waals surface area (Å²) in [5.74, 6) is 0.0791. The molecule has 0 aliphatic heterocycles. The number of ketones is 1. The summed E-state index contributed by atoms with van der Waals surface area (Å²) in [6, 6.07) is 21.6. The van der Waals surface area contributed by atoms with Crippen LogP contribution in [0.3, 0.4) is 0 Å². The molecule has 0 atom stereocenters. The first-order valence-electron chi connectivity index (χ1n) is 6.74. The monoisotopic (exact) mass is 339 g/mol. The number of hydrogen-bond acceptors (Lipinski definition) is 2. The van der Waals surface area contributed by atoms with Gasteiger partial charge in [0.2, 0.25) is 0 Å². The van der Waals surface area contributed by atoms with Gasteiger partial charge in [0.05, 0.1) is 6.54 Å². The van der Waals surface area contributed by atoms with Gasteiger partial charge in [0.15, 0.2) is 5.78 Å². The van der Waals surface area contributed by atoms with Gasteiger partial charge in [-0.2, -0.15) is 0 Å². The molecule has 3 aromatic rings. The van der Waals surface area contributed by atoms with Crippen LogP contribution in [0.5, 0.6) is 0 Å². The lowest BCUT2D eigenvalue weighted by molar-refractivity contribution is 0.101. The highest BCUT2D eigenvalue weighted by molar-refractivity contribution is 9.10. The fraction of sp³-hybridized carbons (Fsp3) is 0.0556. The molecule has 2 nitrogen and oxygen atoms in total. The predicted molar refractivity (Wildman–Crippen MR) is 90.9 cm³/mol. The van der Waals surface area contributed by atoms with Crippen molar-refractivity contribution in [3.63, 3.8) is 0 Å². The molecule has 0 amide bonds. The van der Waals surface area contributed by atoms with Gasteiger partial charge < -0.3 is 5.32 Å². The fourth-order valence-electron chi connectivity index (χ4n) is 2.29. The van der Waals surface area contributed by atoms with E-state index in [-0.39, 0.29) is 12.3 Å². The third-order valence-corrected chi connectivity index (χ3v) is 3.92. The molecular weight excluding hydrogens is 326 g/mol. The number of nitrogens with one attached hydrogen (secondary N) is 1. The van der Waals surface area contributed by atoms with E-state index in [9.17, 15) is 4.79 Å². The standard InChI is InChI=1S/C18H14BrNO/c19-15-10-8-14(9-11-15)18(21)12-20-17-7-3-5-13-4-1-2-6-16(13)17/h1-11,20H,12H2. The first-order valence-corrected chi connectivity index (χ1v) is 7.54. The summed E-state index contributed by atoms with van der Waals surface area (Å²) in [7, 11) is 0. The second-order valence-electron chi connectivity index (χ2n) is 4.81. The van der Waals surface area contributed by atoms with Crippen LogP contribution in [-0.2, 0) is 0 Å². The Balaban J connectivity index is 1.77. The highest BCUT2D eigenvalue weighted by Crippen LogP contribution is 2.22. The normalized spacial score (nSPS) is 10.5. The van der Waals surface area contributed by atoms with Crippen LogP contribution in [0.4, 0.5) is 5.69 Å². The van der Waals surface area contributed by atoms with Crippen LogP contribution in [0.2, 0.25) is 0 Å². The van der Waals surface area contributed by atoms with Crippen LogP contribution >= 0.6 is 15.9 Å². The quantitative estimate of drug-likeness (QED) is 0.685. The van der Waals surface area contributed by atoms with Crippen LogP contribution in [0.25, 0.3) is 10.8 Å². The van der Waals surface area contributed by atoms with Crippen molar-refractivity contribution in [2.45, 2.75) is 0 Å². The van der Waals surface area contributed by atoms with Gasteiger partial charge in [0.25, 0.3) is 0 Å². The minimum Gasteiger partial charge on any atom is -0.377 e. The van der Waals surface area contributed by atoms with Crippen molar-refractivity contribution in [2.75, 3.05) is 11.9 Å². The number of fused-ring (bicyclic) bond motifs is 1. The maximum atomic E-state index is 12.2. The third-order valence-electron chi connectivity index (χ3n) is 3.40. The SMILES string of the molecule is O=C(CNc1cccc2ccccc12)c1ccc(Br)cc1. The van der Waals surface area contributed by atoms with E-state index in [2.05, 4.69) is 39.4 Å². The van der Waals surface area contributed by atoms with Gasteiger partial charge in [-0.15, -0.1) is 0 Å². The van der Waals surface area contributed by atoms with Crippen molar-refractivity contribution in [1.82, 2.24) is 0 Å². The Morgan fingerprint density at radius 1 is 0.905 bits per heavy atom. The Morgan fingerprint density at radius 2 is 1.62 bits per heavy atom. The topological polar surface area (TPSA) is 29.1 Å². The molecule has 0 spiro atoms. The van der Waals surface area contributed by atoms with Gasteiger partial charge in [-0.1, -0.05) is 64.5 Å². The molecule has 0 radical (unpaired) electrons. The van der Waals surface area contributed by atoms with Crippen molar-refractivity contribution in [2.24, 2.45) is 0 Å². The maximum Gasteiger partial charge on any atom is 0.181 e. The number of carbonyl (C=O) groups is 1. The molecule has 0 saturated heterocycles. The Bertz CT molecular complexity index is 775. The van der Waals surface area contributed by atoms with Gasteiger partial charge in [0, 0.05) is 21.1 Å². The molecular formula is C18H14BrNO. The molecule has 21 heavy (non-hydrogen) atoms. The van der Waals surface area contributed by atoms with E-state index >= 15 is 0 Å². The zero-order valence-electron chi connectivity index (χ0n) is 11.3. The van der Waals surface area contributed by atoms with Crippen molar-refractivity contribution in [3.8, 4) is 0 Å². The minimum atomic E-state index is 0.0791. The van der Waals surface area contributed by atoms with E-state index in [0.29, 0.717) is 5.56 Å².